The molecule has 0 N–H and O–H groups in total. The number of hydrogen-bond donors (Lipinski definition) is 0. The van der Waals surface area contributed by atoms with Crippen molar-refractivity contribution in [3.05, 3.63) is 223 Å². The maximum Gasteiger partial charge on any atom is 0.180 e. The van der Waals surface area contributed by atoms with E-state index < -0.39 is 8.07 Å². The second kappa shape index (κ2) is 12.0. The molecule has 0 bridgehead atoms. The van der Waals surface area contributed by atoms with E-state index in [1.54, 1.807) is 0 Å². The summed E-state index contributed by atoms with van der Waals surface area (Å²) in [5, 5.41) is 8.38. The fourth-order valence-electron chi connectivity index (χ4n) is 8.89. The Hall–Kier alpha value is -6.22. The zero-order valence-corrected chi connectivity index (χ0v) is 29.2. The summed E-state index contributed by atoms with van der Waals surface area (Å²) in [6.07, 6.45) is 0. The van der Waals surface area contributed by atoms with E-state index in [-0.39, 0.29) is 5.92 Å². The summed E-state index contributed by atoms with van der Waals surface area (Å²) in [5.74, 6) is 0.150. The second-order valence-corrected chi connectivity index (χ2v) is 17.4. The van der Waals surface area contributed by atoms with Gasteiger partial charge in [-0.2, -0.15) is 0 Å². The van der Waals surface area contributed by atoms with Crippen molar-refractivity contribution in [2.45, 2.75) is 5.92 Å². The van der Waals surface area contributed by atoms with Crippen LogP contribution < -0.4 is 20.7 Å². The van der Waals surface area contributed by atoms with Crippen LogP contribution in [0.15, 0.2) is 206 Å². The molecule has 51 heavy (non-hydrogen) atoms. The van der Waals surface area contributed by atoms with E-state index >= 15 is 0 Å². The van der Waals surface area contributed by atoms with Crippen molar-refractivity contribution in [1.82, 2.24) is 4.57 Å². The molecule has 10 rings (SSSR count). The molecule has 2 heterocycles. The van der Waals surface area contributed by atoms with Gasteiger partial charge in [-0.25, -0.2) is 0 Å². The van der Waals surface area contributed by atoms with Crippen molar-refractivity contribution < 1.29 is 0 Å². The minimum atomic E-state index is -2.58. The molecule has 0 fully saturated rings. The van der Waals surface area contributed by atoms with Gasteiger partial charge in [0, 0.05) is 22.4 Å². The Kier molecular flexibility index (Phi) is 6.97. The number of fused-ring (bicyclic) bond motifs is 5. The van der Waals surface area contributed by atoms with Gasteiger partial charge in [0.05, 0.1) is 11.0 Å². The smallest absolute Gasteiger partial charge is 0.180 e. The second-order valence-electron chi connectivity index (χ2n) is 13.6. The summed E-state index contributed by atoms with van der Waals surface area (Å²) < 4.78 is 2.38. The Labute approximate surface area is 299 Å². The minimum Gasteiger partial charge on any atom is -0.309 e. The SMILES string of the molecule is c1ccc([Si]2(c3ccccc3)c3ccccc3C(c3ccc(-c4ccc(-n5c6ccccc6c6ccccc65)cc4)cc3)c3ccccc32)cc1. The average molecular weight is 666 g/mol. The largest absolute Gasteiger partial charge is 0.309 e. The first-order chi connectivity index (χ1) is 25.3. The van der Waals surface area contributed by atoms with Crippen molar-refractivity contribution in [1.29, 1.82) is 0 Å². The predicted octanol–water partition coefficient (Wildman–Crippen LogP) is 9.32. The lowest BCUT2D eigenvalue weighted by Crippen LogP contribution is -2.77. The van der Waals surface area contributed by atoms with Crippen molar-refractivity contribution in [3.63, 3.8) is 0 Å². The van der Waals surface area contributed by atoms with Gasteiger partial charge in [-0.1, -0.05) is 182 Å². The summed E-state index contributed by atoms with van der Waals surface area (Å²) in [6, 6.07) is 76.8. The first-order valence-corrected chi connectivity index (χ1v) is 19.8. The zero-order valence-electron chi connectivity index (χ0n) is 28.2. The molecule has 9 aromatic rings. The van der Waals surface area contributed by atoms with Gasteiger partial charge in [0.1, 0.15) is 0 Å². The third-order valence-electron chi connectivity index (χ3n) is 11.0. The Morgan fingerprint density at radius 3 is 1.27 bits per heavy atom. The van der Waals surface area contributed by atoms with Crippen LogP contribution in [0.3, 0.4) is 0 Å². The molecule has 1 aromatic heterocycles. The summed E-state index contributed by atoms with van der Waals surface area (Å²) >= 11 is 0. The van der Waals surface area contributed by atoms with Gasteiger partial charge in [0.2, 0.25) is 0 Å². The van der Waals surface area contributed by atoms with Crippen LogP contribution in [0.2, 0.25) is 0 Å². The van der Waals surface area contributed by atoms with E-state index in [1.165, 1.54) is 76.1 Å². The molecule has 1 nitrogen and oxygen atoms in total. The van der Waals surface area contributed by atoms with Gasteiger partial charge in [-0.15, -0.1) is 0 Å². The lowest BCUT2D eigenvalue weighted by molar-refractivity contribution is 0.985. The Morgan fingerprint density at radius 2 is 0.765 bits per heavy atom. The van der Waals surface area contributed by atoms with Crippen LogP contribution >= 0.6 is 0 Å². The molecule has 0 atom stereocenters. The number of nitrogens with zero attached hydrogens (tertiary/aromatic N) is 1. The molecule has 240 valence electrons. The van der Waals surface area contributed by atoms with Gasteiger partial charge in [0.25, 0.3) is 0 Å². The monoisotopic (exact) mass is 665 g/mol. The van der Waals surface area contributed by atoms with Gasteiger partial charge in [0.15, 0.2) is 8.07 Å². The Bertz CT molecular complexity index is 2530. The lowest BCUT2D eigenvalue weighted by atomic mass is 9.84. The Morgan fingerprint density at radius 1 is 0.353 bits per heavy atom. The van der Waals surface area contributed by atoms with Gasteiger partial charge in [-0.3, -0.25) is 0 Å². The summed E-state index contributed by atoms with van der Waals surface area (Å²) in [5.41, 5.74) is 10.2. The maximum atomic E-state index is 2.41. The van der Waals surface area contributed by atoms with Gasteiger partial charge >= 0.3 is 0 Å². The number of rotatable bonds is 5. The molecule has 0 spiro atoms. The van der Waals surface area contributed by atoms with Gasteiger partial charge < -0.3 is 4.57 Å². The lowest BCUT2D eigenvalue weighted by Gasteiger charge is -2.43. The van der Waals surface area contributed by atoms with Crippen LogP contribution in [-0.2, 0) is 0 Å². The van der Waals surface area contributed by atoms with E-state index in [9.17, 15) is 0 Å². The fourth-order valence-corrected chi connectivity index (χ4v) is 14.2. The predicted molar refractivity (Wildman–Crippen MR) is 217 cm³/mol. The molecule has 0 amide bonds. The summed E-state index contributed by atoms with van der Waals surface area (Å²) in [4.78, 5) is 0. The molecular formula is C49H35NSi. The molecule has 2 heteroatoms. The average Bonchev–Trinajstić information content (AvgIpc) is 3.55. The van der Waals surface area contributed by atoms with Crippen LogP contribution in [0.1, 0.15) is 22.6 Å². The molecular weight excluding hydrogens is 631 g/mol. The van der Waals surface area contributed by atoms with Crippen LogP contribution in [0, 0.1) is 0 Å². The summed E-state index contributed by atoms with van der Waals surface area (Å²) in [6.45, 7) is 0. The first kappa shape index (κ1) is 29.7. The van der Waals surface area contributed by atoms with Crippen molar-refractivity contribution in [2.24, 2.45) is 0 Å². The van der Waals surface area contributed by atoms with Crippen molar-refractivity contribution in [3.8, 4) is 16.8 Å². The molecule has 8 aromatic carbocycles. The fraction of sp³-hybridized carbons (Fsp3) is 0.0204. The number of para-hydroxylation sites is 2. The third kappa shape index (κ3) is 4.54. The standard InChI is InChI=1S/C49H35NSi/c1-3-15-39(16-4-1)51(40-17-5-2-6-18-40)47-25-13-9-21-43(47)49(44-22-10-14-26-48(44)51)37-29-27-35(28-30-37)36-31-33-38(34-32-36)50-45-23-11-7-19-41(45)42-20-8-12-24-46(42)50/h1-34,49H. The highest BCUT2D eigenvalue weighted by Crippen LogP contribution is 2.37. The normalized spacial score (nSPS) is 13.6. The summed E-state index contributed by atoms with van der Waals surface area (Å²) in [7, 11) is -2.58. The molecule has 0 saturated carbocycles. The van der Waals surface area contributed by atoms with Crippen LogP contribution in [0.25, 0.3) is 38.6 Å². The Balaban J connectivity index is 1.07. The molecule has 0 unspecified atom stereocenters. The molecule has 1 aliphatic rings. The molecule has 0 saturated heterocycles. The molecule has 0 radical (unpaired) electrons. The molecule has 0 aliphatic carbocycles. The van der Waals surface area contributed by atoms with E-state index in [4.69, 9.17) is 0 Å². The maximum absolute atomic E-state index is 2.58. The van der Waals surface area contributed by atoms with Crippen molar-refractivity contribution >= 4 is 50.6 Å². The zero-order chi connectivity index (χ0) is 33.8. The number of hydrogen-bond acceptors (Lipinski definition) is 0. The van der Waals surface area contributed by atoms with E-state index in [0.717, 1.165) is 0 Å². The third-order valence-corrected chi connectivity index (χ3v) is 16.0. The first-order valence-electron chi connectivity index (χ1n) is 17.8. The topological polar surface area (TPSA) is 4.93 Å². The highest BCUT2D eigenvalue weighted by atomic mass is 28.3. The van der Waals surface area contributed by atoms with Gasteiger partial charge in [-0.05, 0) is 72.8 Å². The van der Waals surface area contributed by atoms with Crippen LogP contribution in [-0.4, -0.2) is 12.6 Å². The highest BCUT2D eigenvalue weighted by molar-refractivity contribution is 7.20. The van der Waals surface area contributed by atoms with Crippen LogP contribution in [0.5, 0.6) is 0 Å². The van der Waals surface area contributed by atoms with Crippen LogP contribution in [0.4, 0.5) is 0 Å². The van der Waals surface area contributed by atoms with Crippen molar-refractivity contribution in [2.75, 3.05) is 0 Å². The van der Waals surface area contributed by atoms with E-state index in [0.29, 0.717) is 0 Å². The minimum absolute atomic E-state index is 0.150. The number of benzene rings is 8. The highest BCUT2D eigenvalue weighted by Gasteiger charge is 2.48. The quantitative estimate of drug-likeness (QED) is 0.162. The van der Waals surface area contributed by atoms with E-state index in [1.807, 2.05) is 0 Å². The number of aromatic nitrogens is 1. The van der Waals surface area contributed by atoms with E-state index in [2.05, 4.69) is 211 Å². The molecule has 1 aliphatic heterocycles.